The third kappa shape index (κ3) is 7.79. The molecule has 0 spiro atoms. The fraction of sp³-hybridized carbons (Fsp3) is 0.107. The van der Waals surface area contributed by atoms with Crippen molar-refractivity contribution in [2.45, 2.75) is 16.7 Å². The van der Waals surface area contributed by atoms with Gasteiger partial charge in [-0.2, -0.15) is 0 Å². The maximum Gasteiger partial charge on any atom is 0.264 e. The highest BCUT2D eigenvalue weighted by Gasteiger charge is 2.27. The SMILES string of the molecule is CCOc1ccc(N(CC(=O)Nc2ccc(S(=O)(=O)Nc3ccc(Br)cc3)cc2)S(=O)(=O)c2ccc(Cl)cc2)cc1. The number of nitrogens with one attached hydrogen (secondary N) is 2. The Morgan fingerprint density at radius 2 is 1.37 bits per heavy atom. The number of anilines is 3. The highest BCUT2D eigenvalue weighted by atomic mass is 79.9. The Morgan fingerprint density at radius 3 is 1.95 bits per heavy atom. The molecule has 0 atom stereocenters. The number of carbonyl (C=O) groups excluding carboxylic acids is 1. The fourth-order valence-electron chi connectivity index (χ4n) is 3.70. The molecule has 1 amide bonds. The molecule has 0 radical (unpaired) electrons. The third-order valence-corrected chi connectivity index (χ3v) is 9.64. The molecule has 0 saturated carbocycles. The summed E-state index contributed by atoms with van der Waals surface area (Å²) in [7, 11) is -8.03. The molecule has 0 aliphatic carbocycles. The molecule has 0 saturated heterocycles. The van der Waals surface area contributed by atoms with Crippen LogP contribution < -0.4 is 19.1 Å². The first kappa shape index (κ1) is 30.4. The molecule has 4 rings (SSSR count). The molecule has 0 fully saturated rings. The molecule has 41 heavy (non-hydrogen) atoms. The van der Waals surface area contributed by atoms with Crippen LogP contribution in [-0.4, -0.2) is 35.9 Å². The van der Waals surface area contributed by atoms with E-state index in [0.29, 0.717) is 23.1 Å². The van der Waals surface area contributed by atoms with Crippen molar-refractivity contribution >= 4 is 70.5 Å². The Morgan fingerprint density at radius 1 is 0.805 bits per heavy atom. The Kier molecular flexibility index (Phi) is 9.59. The first-order valence-electron chi connectivity index (χ1n) is 12.2. The number of amides is 1. The first-order chi connectivity index (χ1) is 19.5. The lowest BCUT2D eigenvalue weighted by Gasteiger charge is -2.24. The van der Waals surface area contributed by atoms with Crippen LogP contribution in [0.3, 0.4) is 0 Å². The van der Waals surface area contributed by atoms with Crippen molar-refractivity contribution in [3.05, 3.63) is 107 Å². The van der Waals surface area contributed by atoms with E-state index in [1.807, 2.05) is 6.92 Å². The quantitative estimate of drug-likeness (QED) is 0.197. The molecule has 4 aromatic rings. The van der Waals surface area contributed by atoms with Gasteiger partial charge >= 0.3 is 0 Å². The Bertz CT molecular complexity index is 1720. The average Bonchev–Trinajstić information content (AvgIpc) is 2.94. The van der Waals surface area contributed by atoms with E-state index in [0.717, 1.165) is 8.78 Å². The van der Waals surface area contributed by atoms with Gasteiger partial charge in [0, 0.05) is 20.9 Å². The summed E-state index contributed by atoms with van der Waals surface area (Å²) in [4.78, 5) is 13.0. The molecule has 0 heterocycles. The van der Waals surface area contributed by atoms with Crippen molar-refractivity contribution in [3.63, 3.8) is 0 Å². The highest BCUT2D eigenvalue weighted by Crippen LogP contribution is 2.27. The van der Waals surface area contributed by atoms with E-state index in [1.54, 1.807) is 48.5 Å². The maximum atomic E-state index is 13.6. The molecule has 4 aromatic carbocycles. The van der Waals surface area contributed by atoms with E-state index in [4.69, 9.17) is 16.3 Å². The molecular formula is C28H25BrClN3O6S2. The second-order valence-electron chi connectivity index (χ2n) is 8.58. The van der Waals surface area contributed by atoms with Crippen molar-refractivity contribution in [1.82, 2.24) is 0 Å². The minimum Gasteiger partial charge on any atom is -0.494 e. The van der Waals surface area contributed by atoms with Crippen LogP contribution in [0.2, 0.25) is 5.02 Å². The van der Waals surface area contributed by atoms with Crippen LogP contribution in [0, 0.1) is 0 Å². The van der Waals surface area contributed by atoms with Crippen LogP contribution >= 0.6 is 27.5 Å². The predicted octanol–water partition coefficient (Wildman–Crippen LogP) is 6.14. The second-order valence-corrected chi connectivity index (χ2v) is 13.5. The molecule has 2 N–H and O–H groups in total. The minimum absolute atomic E-state index is 0.0141. The summed E-state index contributed by atoms with van der Waals surface area (Å²) in [5, 5.41) is 3.00. The monoisotopic (exact) mass is 677 g/mol. The standard InChI is InChI=1S/C28H25BrClN3O6S2/c1-2-39-25-13-11-24(12-14-25)33(41(37,38)27-15-5-21(30)6-16-27)19-28(34)31-22-9-17-26(18-10-22)40(35,36)32-23-7-3-20(29)4-8-23/h3-18,32H,2,19H2,1H3,(H,31,34). The molecule has 214 valence electrons. The van der Waals surface area contributed by atoms with Crippen LogP contribution in [0.1, 0.15) is 6.92 Å². The van der Waals surface area contributed by atoms with Crippen molar-refractivity contribution < 1.29 is 26.4 Å². The molecule has 0 unspecified atom stereocenters. The second kappa shape index (κ2) is 12.9. The Labute approximate surface area is 252 Å². The summed E-state index contributed by atoms with van der Waals surface area (Å²) in [6.45, 7) is 1.72. The highest BCUT2D eigenvalue weighted by molar-refractivity contribution is 9.10. The van der Waals surface area contributed by atoms with E-state index in [9.17, 15) is 21.6 Å². The van der Waals surface area contributed by atoms with E-state index < -0.39 is 32.5 Å². The van der Waals surface area contributed by atoms with E-state index in [2.05, 4.69) is 26.0 Å². The number of hydrogen-bond acceptors (Lipinski definition) is 6. The Hall–Kier alpha value is -3.58. The van der Waals surface area contributed by atoms with Crippen LogP contribution in [-0.2, 0) is 24.8 Å². The number of sulfonamides is 2. The van der Waals surface area contributed by atoms with Gasteiger partial charge < -0.3 is 10.1 Å². The number of rotatable bonds is 11. The zero-order chi connectivity index (χ0) is 29.6. The largest absolute Gasteiger partial charge is 0.494 e. The third-order valence-electron chi connectivity index (χ3n) is 5.67. The van der Waals surface area contributed by atoms with Gasteiger partial charge in [-0.25, -0.2) is 16.8 Å². The number of carbonyl (C=O) groups is 1. The lowest BCUT2D eigenvalue weighted by Crippen LogP contribution is -2.38. The summed E-state index contributed by atoms with van der Waals surface area (Å²) >= 11 is 9.24. The summed E-state index contributed by atoms with van der Waals surface area (Å²) in [5.74, 6) is -0.0887. The zero-order valence-electron chi connectivity index (χ0n) is 21.6. The molecular weight excluding hydrogens is 654 g/mol. The van der Waals surface area contributed by atoms with Gasteiger partial charge in [0.05, 0.1) is 22.1 Å². The van der Waals surface area contributed by atoms with Gasteiger partial charge in [0.1, 0.15) is 12.3 Å². The number of hydrogen-bond donors (Lipinski definition) is 2. The van der Waals surface area contributed by atoms with Gasteiger partial charge in [-0.15, -0.1) is 0 Å². The van der Waals surface area contributed by atoms with E-state index in [1.165, 1.54) is 48.5 Å². The van der Waals surface area contributed by atoms with Crippen molar-refractivity contribution in [1.29, 1.82) is 0 Å². The first-order valence-corrected chi connectivity index (χ1v) is 16.3. The maximum absolute atomic E-state index is 13.6. The molecule has 0 bridgehead atoms. The van der Waals surface area contributed by atoms with Gasteiger partial charge in [0.2, 0.25) is 5.91 Å². The average molecular weight is 679 g/mol. The van der Waals surface area contributed by atoms with Crippen molar-refractivity contribution in [2.75, 3.05) is 27.5 Å². The topological polar surface area (TPSA) is 122 Å². The van der Waals surface area contributed by atoms with Crippen LogP contribution in [0.15, 0.2) is 111 Å². The fourth-order valence-corrected chi connectivity index (χ4v) is 6.57. The number of halogens is 2. The molecule has 13 heteroatoms. The summed E-state index contributed by atoms with van der Waals surface area (Å²) in [6, 6.07) is 24.1. The zero-order valence-corrected chi connectivity index (χ0v) is 25.6. The summed E-state index contributed by atoms with van der Waals surface area (Å²) < 4.78 is 62.3. The molecule has 9 nitrogen and oxygen atoms in total. The predicted molar refractivity (Wildman–Crippen MR) is 164 cm³/mol. The van der Waals surface area contributed by atoms with Crippen molar-refractivity contribution in [2.24, 2.45) is 0 Å². The van der Waals surface area contributed by atoms with E-state index >= 15 is 0 Å². The minimum atomic E-state index is -4.16. The van der Waals surface area contributed by atoms with Crippen LogP contribution in [0.4, 0.5) is 17.1 Å². The summed E-state index contributed by atoms with van der Waals surface area (Å²) in [6.07, 6.45) is 0. The smallest absolute Gasteiger partial charge is 0.264 e. The molecule has 0 aliphatic rings. The number of nitrogens with zero attached hydrogens (tertiary/aromatic N) is 1. The van der Waals surface area contributed by atoms with Gasteiger partial charge in [-0.1, -0.05) is 27.5 Å². The van der Waals surface area contributed by atoms with Gasteiger partial charge in [-0.05, 0) is 104 Å². The van der Waals surface area contributed by atoms with Crippen LogP contribution in [0.5, 0.6) is 5.75 Å². The van der Waals surface area contributed by atoms with Gasteiger partial charge in [0.25, 0.3) is 20.0 Å². The van der Waals surface area contributed by atoms with Crippen molar-refractivity contribution in [3.8, 4) is 5.75 Å². The van der Waals surface area contributed by atoms with Gasteiger partial charge in [0.15, 0.2) is 0 Å². The Balaban J connectivity index is 1.53. The number of ether oxygens (including phenoxy) is 1. The lowest BCUT2D eigenvalue weighted by atomic mass is 10.3. The normalized spacial score (nSPS) is 11.5. The lowest BCUT2D eigenvalue weighted by molar-refractivity contribution is -0.114. The number of benzene rings is 4. The van der Waals surface area contributed by atoms with Gasteiger partial charge in [-0.3, -0.25) is 13.8 Å². The molecule has 0 aliphatic heterocycles. The van der Waals surface area contributed by atoms with E-state index in [-0.39, 0.29) is 21.2 Å². The molecule has 0 aromatic heterocycles. The summed E-state index contributed by atoms with van der Waals surface area (Å²) in [5.41, 5.74) is 0.925. The van der Waals surface area contributed by atoms with Crippen LogP contribution in [0.25, 0.3) is 0 Å².